The number of hydrogen-bond acceptors (Lipinski definition) is 7. The van der Waals surface area contributed by atoms with Gasteiger partial charge in [0, 0.05) is 16.5 Å². The minimum Gasteiger partial charge on any atom is -0.496 e. The van der Waals surface area contributed by atoms with Gasteiger partial charge in [0.1, 0.15) is 17.8 Å². The summed E-state index contributed by atoms with van der Waals surface area (Å²) in [4.78, 5) is 17.4. The second-order valence-corrected chi connectivity index (χ2v) is 8.23. The van der Waals surface area contributed by atoms with Crippen molar-refractivity contribution in [2.45, 2.75) is 33.6 Å². The summed E-state index contributed by atoms with van der Waals surface area (Å²) in [6, 6.07) is 5.80. The lowest BCUT2D eigenvalue weighted by atomic mass is 10.0. The molecule has 0 unspecified atom stereocenters. The molecule has 3 heterocycles. The van der Waals surface area contributed by atoms with Gasteiger partial charge >= 0.3 is 0 Å². The van der Waals surface area contributed by atoms with Crippen molar-refractivity contribution >= 4 is 28.0 Å². The zero-order valence-electron chi connectivity index (χ0n) is 17.4. The molecule has 9 heteroatoms. The first-order valence-electron chi connectivity index (χ1n) is 9.50. The van der Waals surface area contributed by atoms with Gasteiger partial charge in [0.05, 0.1) is 12.8 Å². The molecule has 0 atom stereocenters. The zero-order valence-corrected chi connectivity index (χ0v) is 18.2. The van der Waals surface area contributed by atoms with E-state index in [-0.39, 0.29) is 11.8 Å². The standard InChI is InChI=1S/C21H22N6O2S/c1-11(2)14-8-16(26-27-10-22-25-19(14)27)20(28)24-21-23-17(9-30-21)15-6-13(4)18(29-5)7-12(15)3/h6-11H,1-5H3,(H,23,24,28). The van der Waals surface area contributed by atoms with Crippen molar-refractivity contribution in [3.63, 3.8) is 0 Å². The van der Waals surface area contributed by atoms with Crippen LogP contribution in [0.3, 0.4) is 0 Å². The summed E-state index contributed by atoms with van der Waals surface area (Å²) in [5, 5.41) is 17.6. The first-order valence-corrected chi connectivity index (χ1v) is 10.4. The smallest absolute Gasteiger partial charge is 0.277 e. The Balaban J connectivity index is 1.61. The number of anilines is 1. The molecule has 0 aliphatic rings. The topological polar surface area (TPSA) is 94.3 Å². The lowest BCUT2D eigenvalue weighted by Gasteiger charge is -2.10. The predicted molar refractivity (Wildman–Crippen MR) is 116 cm³/mol. The zero-order chi connectivity index (χ0) is 21.4. The molecule has 1 aromatic carbocycles. The first kappa shape index (κ1) is 20.0. The fraction of sp³-hybridized carbons (Fsp3) is 0.286. The average molecular weight is 423 g/mol. The van der Waals surface area contributed by atoms with E-state index in [9.17, 15) is 4.79 Å². The van der Waals surface area contributed by atoms with Gasteiger partial charge in [0.25, 0.3) is 5.91 Å². The molecule has 4 aromatic rings. The summed E-state index contributed by atoms with van der Waals surface area (Å²) in [6.45, 7) is 8.09. The molecule has 1 amide bonds. The van der Waals surface area contributed by atoms with Gasteiger partial charge in [0.15, 0.2) is 10.8 Å². The van der Waals surface area contributed by atoms with Crippen LogP contribution in [0.4, 0.5) is 5.13 Å². The quantitative estimate of drug-likeness (QED) is 0.517. The minimum absolute atomic E-state index is 0.180. The lowest BCUT2D eigenvalue weighted by Crippen LogP contribution is -2.16. The number of nitrogens with zero attached hydrogens (tertiary/aromatic N) is 5. The number of ether oxygens (including phenoxy) is 1. The Bertz CT molecular complexity index is 1240. The Morgan fingerprint density at radius 1 is 1.20 bits per heavy atom. The third-order valence-electron chi connectivity index (χ3n) is 4.89. The number of carbonyl (C=O) groups is 1. The largest absolute Gasteiger partial charge is 0.496 e. The van der Waals surface area contributed by atoms with Gasteiger partial charge in [-0.1, -0.05) is 13.8 Å². The van der Waals surface area contributed by atoms with Gasteiger partial charge in [-0.25, -0.2) is 4.98 Å². The number of hydrogen-bond donors (Lipinski definition) is 1. The molecule has 30 heavy (non-hydrogen) atoms. The van der Waals surface area contributed by atoms with E-state index in [4.69, 9.17) is 4.74 Å². The van der Waals surface area contributed by atoms with Crippen molar-refractivity contribution in [3.05, 3.63) is 52.3 Å². The van der Waals surface area contributed by atoms with Crippen molar-refractivity contribution in [3.8, 4) is 17.0 Å². The van der Waals surface area contributed by atoms with Gasteiger partial charge in [0.2, 0.25) is 0 Å². The Morgan fingerprint density at radius 2 is 2.00 bits per heavy atom. The summed E-state index contributed by atoms with van der Waals surface area (Å²) in [7, 11) is 1.66. The molecular weight excluding hydrogens is 400 g/mol. The van der Waals surface area contributed by atoms with Crippen molar-refractivity contribution in [1.82, 2.24) is 24.8 Å². The average Bonchev–Trinajstić information content (AvgIpc) is 3.37. The number of nitrogens with one attached hydrogen (secondary N) is 1. The summed E-state index contributed by atoms with van der Waals surface area (Å²) >= 11 is 1.37. The number of rotatable bonds is 5. The van der Waals surface area contributed by atoms with Crippen LogP contribution in [0.25, 0.3) is 16.9 Å². The molecule has 0 fully saturated rings. The molecular formula is C21H22N6O2S. The van der Waals surface area contributed by atoms with Crippen LogP contribution < -0.4 is 10.1 Å². The van der Waals surface area contributed by atoms with Crippen molar-refractivity contribution in [2.75, 3.05) is 12.4 Å². The normalized spacial score (nSPS) is 11.3. The van der Waals surface area contributed by atoms with Crippen LogP contribution in [0.1, 0.15) is 46.9 Å². The van der Waals surface area contributed by atoms with E-state index in [1.165, 1.54) is 22.2 Å². The highest BCUT2D eigenvalue weighted by molar-refractivity contribution is 7.14. The van der Waals surface area contributed by atoms with E-state index < -0.39 is 0 Å². The van der Waals surface area contributed by atoms with Crippen LogP contribution in [0.2, 0.25) is 0 Å². The second kappa shape index (κ2) is 7.83. The van der Waals surface area contributed by atoms with Crippen molar-refractivity contribution in [1.29, 1.82) is 0 Å². The fourth-order valence-corrected chi connectivity index (χ4v) is 3.99. The Morgan fingerprint density at radius 3 is 2.73 bits per heavy atom. The third kappa shape index (κ3) is 3.63. The van der Waals surface area contributed by atoms with Crippen LogP contribution in [0.5, 0.6) is 5.75 Å². The van der Waals surface area contributed by atoms with Gasteiger partial charge in [-0.3, -0.25) is 10.1 Å². The lowest BCUT2D eigenvalue weighted by molar-refractivity contribution is 0.102. The van der Waals surface area contributed by atoms with E-state index >= 15 is 0 Å². The summed E-state index contributed by atoms with van der Waals surface area (Å²) in [6.07, 6.45) is 1.49. The maximum Gasteiger partial charge on any atom is 0.277 e. The Hall–Kier alpha value is -3.33. The highest BCUT2D eigenvalue weighted by Gasteiger charge is 2.17. The molecule has 0 radical (unpaired) electrons. The van der Waals surface area contributed by atoms with E-state index in [0.717, 1.165) is 33.7 Å². The molecule has 0 saturated heterocycles. The van der Waals surface area contributed by atoms with Gasteiger partial charge in [-0.05, 0) is 49.1 Å². The Labute approximate surface area is 177 Å². The maximum atomic E-state index is 12.8. The molecule has 1 N–H and O–H groups in total. The predicted octanol–water partition coefficient (Wildman–Crippen LogP) is 4.25. The molecule has 0 aliphatic carbocycles. The maximum absolute atomic E-state index is 12.8. The SMILES string of the molecule is COc1cc(C)c(-c2csc(NC(=O)c3cc(C(C)C)c4nncn4n3)n2)cc1C. The van der Waals surface area contributed by atoms with E-state index in [0.29, 0.717) is 16.5 Å². The van der Waals surface area contributed by atoms with Crippen molar-refractivity contribution < 1.29 is 9.53 Å². The molecule has 8 nitrogen and oxygen atoms in total. The van der Waals surface area contributed by atoms with Gasteiger partial charge in [-0.2, -0.15) is 9.61 Å². The number of aryl methyl sites for hydroxylation is 2. The molecule has 4 rings (SSSR count). The number of carbonyl (C=O) groups excluding carboxylic acids is 1. The number of thiazole rings is 1. The molecule has 0 bridgehead atoms. The summed E-state index contributed by atoms with van der Waals surface area (Å²) in [5.41, 5.74) is 5.77. The van der Waals surface area contributed by atoms with Crippen LogP contribution in [0.15, 0.2) is 29.9 Å². The van der Waals surface area contributed by atoms with Crippen molar-refractivity contribution in [2.24, 2.45) is 0 Å². The summed E-state index contributed by atoms with van der Waals surface area (Å²) in [5.74, 6) is 0.700. The van der Waals surface area contributed by atoms with Crippen LogP contribution in [-0.2, 0) is 0 Å². The highest BCUT2D eigenvalue weighted by atomic mass is 32.1. The second-order valence-electron chi connectivity index (χ2n) is 7.37. The number of amides is 1. The molecule has 154 valence electrons. The monoisotopic (exact) mass is 422 g/mol. The molecule has 0 saturated carbocycles. The third-order valence-corrected chi connectivity index (χ3v) is 5.65. The number of aromatic nitrogens is 5. The van der Waals surface area contributed by atoms with Gasteiger partial charge < -0.3 is 4.74 Å². The molecule has 3 aromatic heterocycles. The van der Waals surface area contributed by atoms with E-state index in [1.54, 1.807) is 13.2 Å². The minimum atomic E-state index is -0.323. The van der Waals surface area contributed by atoms with E-state index in [1.807, 2.05) is 45.2 Å². The number of methoxy groups -OCH3 is 1. The van der Waals surface area contributed by atoms with Gasteiger partial charge in [-0.15, -0.1) is 21.5 Å². The molecule has 0 spiro atoms. The highest BCUT2D eigenvalue weighted by Crippen LogP contribution is 2.32. The number of fused-ring (bicyclic) bond motifs is 1. The van der Waals surface area contributed by atoms with E-state index in [2.05, 4.69) is 25.6 Å². The first-order chi connectivity index (χ1) is 14.4. The fourth-order valence-electron chi connectivity index (χ4n) is 3.29. The van der Waals surface area contributed by atoms with Crippen LogP contribution >= 0.6 is 11.3 Å². The number of benzene rings is 1. The molecule has 0 aliphatic heterocycles. The summed E-state index contributed by atoms with van der Waals surface area (Å²) < 4.78 is 6.91. The Kier molecular flexibility index (Phi) is 5.21. The van der Waals surface area contributed by atoms with Crippen LogP contribution in [-0.4, -0.2) is 37.8 Å². The van der Waals surface area contributed by atoms with Crippen LogP contribution in [0, 0.1) is 13.8 Å².